The fourth-order valence-electron chi connectivity index (χ4n) is 5.71. The molecule has 7 nitrogen and oxygen atoms in total. The third kappa shape index (κ3) is 3.35. The number of H-pyrrole nitrogens is 1. The molecule has 0 spiro atoms. The van der Waals surface area contributed by atoms with Crippen LogP contribution in [0.15, 0.2) is 66.7 Å². The van der Waals surface area contributed by atoms with Crippen molar-refractivity contribution in [1.29, 1.82) is 0 Å². The molecule has 3 amide bonds. The summed E-state index contributed by atoms with van der Waals surface area (Å²) in [6, 6.07) is 17.1. The quantitative estimate of drug-likeness (QED) is 0.455. The standard InChI is InChI=1S/C26H24N4O3/c31-21(14-30-25(32)22-16-10-11-17(13-16)23(22)26(30)33)27-20(12-15-6-2-1-3-7-15)24-28-18-8-4-5-9-19(18)29-24/h1-11,16-17,20,22-23H,12-14H2,(H,27,31)(H,28,29)/t16-,17+,20-,22+,23-/m0/s1. The molecular formula is C26H24N4O3. The minimum absolute atomic E-state index is 0.130. The predicted octanol–water partition coefficient (Wildman–Crippen LogP) is 2.77. The summed E-state index contributed by atoms with van der Waals surface area (Å²) in [6.45, 7) is -0.254. The second kappa shape index (κ2) is 7.69. The molecule has 2 bridgehead atoms. The number of amides is 3. The van der Waals surface area contributed by atoms with Crippen molar-refractivity contribution < 1.29 is 14.4 Å². The smallest absolute Gasteiger partial charge is 0.240 e. The van der Waals surface area contributed by atoms with Crippen LogP contribution in [0.5, 0.6) is 0 Å². The molecule has 2 N–H and O–H groups in total. The fourth-order valence-corrected chi connectivity index (χ4v) is 5.71. The molecule has 166 valence electrons. The summed E-state index contributed by atoms with van der Waals surface area (Å²) in [5.41, 5.74) is 2.76. The van der Waals surface area contributed by atoms with Gasteiger partial charge in [-0.2, -0.15) is 0 Å². The normalized spacial score (nSPS) is 26.2. The first-order valence-electron chi connectivity index (χ1n) is 11.4. The number of carbonyl (C=O) groups is 3. The topological polar surface area (TPSA) is 95.2 Å². The van der Waals surface area contributed by atoms with Crippen LogP contribution in [0.25, 0.3) is 11.0 Å². The number of aromatic nitrogens is 2. The van der Waals surface area contributed by atoms with Gasteiger partial charge in [0.05, 0.1) is 28.9 Å². The molecule has 2 fully saturated rings. The Kier molecular flexibility index (Phi) is 4.64. The number of fused-ring (bicyclic) bond motifs is 6. The Morgan fingerprint density at radius 3 is 2.36 bits per heavy atom. The summed E-state index contributed by atoms with van der Waals surface area (Å²) in [5.74, 6) is -0.464. The van der Waals surface area contributed by atoms with Crippen molar-refractivity contribution in [3.8, 4) is 0 Å². The Morgan fingerprint density at radius 2 is 1.67 bits per heavy atom. The van der Waals surface area contributed by atoms with Gasteiger partial charge in [0.15, 0.2) is 0 Å². The van der Waals surface area contributed by atoms with E-state index in [1.165, 1.54) is 0 Å². The van der Waals surface area contributed by atoms with Crippen molar-refractivity contribution in [2.45, 2.75) is 18.9 Å². The monoisotopic (exact) mass is 440 g/mol. The Bertz CT molecular complexity index is 1220. The fraction of sp³-hybridized carbons (Fsp3) is 0.308. The van der Waals surface area contributed by atoms with Crippen molar-refractivity contribution >= 4 is 28.8 Å². The second-order valence-electron chi connectivity index (χ2n) is 9.21. The zero-order valence-electron chi connectivity index (χ0n) is 18.0. The molecule has 6 rings (SSSR count). The molecule has 3 aliphatic rings. The number of benzene rings is 2. The van der Waals surface area contributed by atoms with Gasteiger partial charge in [-0.25, -0.2) is 4.98 Å². The molecule has 1 aliphatic heterocycles. The van der Waals surface area contributed by atoms with E-state index in [2.05, 4.69) is 27.4 Å². The van der Waals surface area contributed by atoms with Crippen molar-refractivity contribution in [2.24, 2.45) is 23.7 Å². The summed E-state index contributed by atoms with van der Waals surface area (Å²) in [4.78, 5) is 48.1. The molecule has 2 aliphatic carbocycles. The van der Waals surface area contributed by atoms with Crippen LogP contribution >= 0.6 is 0 Å². The minimum Gasteiger partial charge on any atom is -0.344 e. The third-order valence-electron chi connectivity index (χ3n) is 7.22. The highest BCUT2D eigenvalue weighted by molar-refractivity contribution is 6.08. The first-order valence-corrected chi connectivity index (χ1v) is 11.4. The van der Waals surface area contributed by atoms with E-state index in [0.717, 1.165) is 27.9 Å². The molecule has 5 atom stereocenters. The summed E-state index contributed by atoms with van der Waals surface area (Å²) < 4.78 is 0. The van der Waals surface area contributed by atoms with Gasteiger partial charge in [0, 0.05) is 0 Å². The highest BCUT2D eigenvalue weighted by Gasteiger charge is 2.59. The van der Waals surface area contributed by atoms with Crippen molar-refractivity contribution in [3.05, 3.63) is 78.1 Å². The zero-order valence-corrected chi connectivity index (χ0v) is 18.0. The molecule has 2 aromatic carbocycles. The molecule has 1 saturated heterocycles. The van der Waals surface area contributed by atoms with Gasteiger partial charge < -0.3 is 10.3 Å². The lowest BCUT2D eigenvalue weighted by Gasteiger charge is -2.20. The molecule has 3 aromatic rings. The molecule has 0 radical (unpaired) electrons. The number of likely N-dealkylation sites (tertiary alicyclic amines) is 1. The van der Waals surface area contributed by atoms with Crippen LogP contribution in [0.1, 0.15) is 23.9 Å². The SMILES string of the molecule is O=C(CN1C(=O)[C@@H]2[C@H](C1=O)[C@H]1C=C[C@@H]2C1)N[C@@H](Cc1ccccc1)c1nc2ccccc2[nH]1. The minimum atomic E-state index is -0.419. The van der Waals surface area contributed by atoms with Crippen LogP contribution in [0.2, 0.25) is 0 Å². The van der Waals surface area contributed by atoms with E-state index >= 15 is 0 Å². The maximum Gasteiger partial charge on any atom is 0.240 e. The highest BCUT2D eigenvalue weighted by Crippen LogP contribution is 2.52. The average Bonchev–Trinajstić information content (AvgIpc) is 3.59. The first kappa shape index (κ1) is 19.9. The van der Waals surface area contributed by atoms with Gasteiger partial charge in [-0.15, -0.1) is 0 Å². The maximum absolute atomic E-state index is 13.1. The number of nitrogens with one attached hydrogen (secondary N) is 2. The number of imide groups is 1. The number of hydrogen-bond donors (Lipinski definition) is 2. The van der Waals surface area contributed by atoms with Gasteiger partial charge in [0.25, 0.3) is 0 Å². The van der Waals surface area contributed by atoms with Gasteiger partial charge in [-0.3, -0.25) is 19.3 Å². The summed E-state index contributed by atoms with van der Waals surface area (Å²) in [5, 5.41) is 3.02. The number of para-hydroxylation sites is 2. The van der Waals surface area contributed by atoms with Crippen LogP contribution in [0.3, 0.4) is 0 Å². The number of imidazole rings is 1. The number of hydrogen-bond acceptors (Lipinski definition) is 4. The number of carbonyl (C=O) groups excluding carboxylic acids is 3. The Hall–Kier alpha value is -3.74. The number of rotatable bonds is 6. The largest absolute Gasteiger partial charge is 0.344 e. The van der Waals surface area contributed by atoms with Crippen LogP contribution in [-0.2, 0) is 20.8 Å². The van der Waals surface area contributed by atoms with E-state index in [-0.39, 0.29) is 47.9 Å². The molecule has 7 heteroatoms. The second-order valence-corrected chi connectivity index (χ2v) is 9.21. The molecular weight excluding hydrogens is 416 g/mol. The van der Waals surface area contributed by atoms with Gasteiger partial charge in [-0.1, -0.05) is 54.6 Å². The Balaban J connectivity index is 1.22. The van der Waals surface area contributed by atoms with Crippen LogP contribution in [-0.4, -0.2) is 39.1 Å². The van der Waals surface area contributed by atoms with Crippen molar-refractivity contribution in [3.63, 3.8) is 0 Å². The van der Waals surface area contributed by atoms with E-state index in [1.807, 2.05) is 54.6 Å². The lowest BCUT2D eigenvalue weighted by atomic mass is 9.85. The average molecular weight is 441 g/mol. The van der Waals surface area contributed by atoms with Gasteiger partial charge in [0.1, 0.15) is 12.4 Å². The highest BCUT2D eigenvalue weighted by atomic mass is 16.2. The van der Waals surface area contributed by atoms with Crippen molar-refractivity contribution in [1.82, 2.24) is 20.2 Å². The zero-order chi connectivity index (χ0) is 22.5. The summed E-state index contributed by atoms with van der Waals surface area (Å²) in [6.07, 6.45) is 5.52. The molecule has 33 heavy (non-hydrogen) atoms. The lowest BCUT2D eigenvalue weighted by Crippen LogP contribution is -2.43. The Labute approximate surface area is 190 Å². The Morgan fingerprint density at radius 1 is 1.00 bits per heavy atom. The number of nitrogens with zero attached hydrogens (tertiary/aromatic N) is 2. The molecule has 1 saturated carbocycles. The van der Waals surface area contributed by atoms with Gasteiger partial charge in [0.2, 0.25) is 17.7 Å². The number of allylic oxidation sites excluding steroid dienone is 2. The molecule has 2 heterocycles. The summed E-state index contributed by atoms with van der Waals surface area (Å²) >= 11 is 0. The van der Waals surface area contributed by atoms with E-state index in [9.17, 15) is 14.4 Å². The first-order chi connectivity index (χ1) is 16.1. The van der Waals surface area contributed by atoms with Crippen LogP contribution in [0.4, 0.5) is 0 Å². The van der Waals surface area contributed by atoms with Crippen LogP contribution < -0.4 is 5.32 Å². The van der Waals surface area contributed by atoms with Gasteiger partial charge >= 0.3 is 0 Å². The molecule has 0 unspecified atom stereocenters. The predicted molar refractivity (Wildman–Crippen MR) is 122 cm³/mol. The summed E-state index contributed by atoms with van der Waals surface area (Å²) in [7, 11) is 0. The van der Waals surface area contributed by atoms with E-state index in [4.69, 9.17) is 0 Å². The number of aromatic amines is 1. The van der Waals surface area contributed by atoms with E-state index < -0.39 is 6.04 Å². The van der Waals surface area contributed by atoms with E-state index in [0.29, 0.717) is 12.2 Å². The van der Waals surface area contributed by atoms with E-state index in [1.54, 1.807) is 0 Å². The van der Waals surface area contributed by atoms with Gasteiger partial charge in [-0.05, 0) is 42.4 Å². The molecule has 1 aromatic heterocycles. The third-order valence-corrected chi connectivity index (χ3v) is 7.22. The van der Waals surface area contributed by atoms with Crippen LogP contribution in [0, 0.1) is 23.7 Å². The lowest BCUT2D eigenvalue weighted by molar-refractivity contribution is -0.144. The van der Waals surface area contributed by atoms with Crippen molar-refractivity contribution in [2.75, 3.05) is 6.54 Å². The maximum atomic E-state index is 13.1.